The van der Waals surface area contributed by atoms with E-state index < -0.39 is 0 Å². The number of nitrogens with one attached hydrogen (secondary N) is 1. The highest BCUT2D eigenvalue weighted by Crippen LogP contribution is 2.16. The molecule has 1 atom stereocenters. The Morgan fingerprint density at radius 1 is 1.59 bits per heavy atom. The molecule has 1 N–H and O–H groups in total. The minimum Gasteiger partial charge on any atom is -0.383 e. The predicted octanol–water partition coefficient (Wildman–Crippen LogP) is 2.74. The Hall–Kier alpha value is -0.580. The Balaban J connectivity index is 2.78. The maximum atomic E-state index is 12.0. The van der Waals surface area contributed by atoms with Gasteiger partial charge in [0, 0.05) is 23.0 Å². The number of carbonyl (C=O) groups is 1. The third-order valence-corrected chi connectivity index (χ3v) is 3.20. The summed E-state index contributed by atoms with van der Waals surface area (Å²) < 4.78 is 5.85. The summed E-state index contributed by atoms with van der Waals surface area (Å²) in [7, 11) is 1.58. The molecule has 0 heterocycles. The van der Waals surface area contributed by atoms with Crippen LogP contribution in [0.2, 0.25) is 0 Å². The first-order valence-electron chi connectivity index (χ1n) is 5.20. The topological polar surface area (TPSA) is 38.3 Å². The van der Waals surface area contributed by atoms with Gasteiger partial charge in [0.1, 0.15) is 0 Å². The Kier molecular flexibility index (Phi) is 5.95. The van der Waals surface area contributed by atoms with Gasteiger partial charge in [-0.3, -0.25) is 4.79 Å². The van der Waals surface area contributed by atoms with E-state index in [4.69, 9.17) is 16.3 Å². The summed E-state index contributed by atoms with van der Waals surface area (Å²) in [5.74, 6) is 0.193. The van der Waals surface area contributed by atoms with Gasteiger partial charge in [0.15, 0.2) is 0 Å². The first-order valence-corrected chi connectivity index (χ1v) is 6.53. The minimum atomic E-state index is -0.174. The van der Waals surface area contributed by atoms with E-state index in [1.165, 1.54) is 0 Å². The first kappa shape index (κ1) is 14.5. The highest BCUT2D eigenvalue weighted by molar-refractivity contribution is 9.10. The summed E-state index contributed by atoms with van der Waals surface area (Å²) in [6, 6.07) is 5.42. The van der Waals surface area contributed by atoms with E-state index in [1.54, 1.807) is 13.2 Å². The Morgan fingerprint density at radius 2 is 2.29 bits per heavy atom. The summed E-state index contributed by atoms with van der Waals surface area (Å²) in [6.45, 7) is 2.30. The van der Waals surface area contributed by atoms with Crippen LogP contribution in [-0.4, -0.2) is 31.5 Å². The SMILES string of the molecule is COCC(CCl)NC(=O)c1cc(Br)ccc1C. The second-order valence-corrected chi connectivity index (χ2v) is 4.96. The predicted molar refractivity (Wildman–Crippen MR) is 72.7 cm³/mol. The van der Waals surface area contributed by atoms with Gasteiger partial charge in [0.2, 0.25) is 0 Å². The fourth-order valence-electron chi connectivity index (χ4n) is 1.43. The molecule has 0 aromatic heterocycles. The smallest absolute Gasteiger partial charge is 0.251 e. The van der Waals surface area contributed by atoms with Crippen molar-refractivity contribution < 1.29 is 9.53 Å². The highest BCUT2D eigenvalue weighted by atomic mass is 79.9. The van der Waals surface area contributed by atoms with Crippen molar-refractivity contribution in [3.8, 4) is 0 Å². The lowest BCUT2D eigenvalue weighted by Crippen LogP contribution is -2.39. The number of ether oxygens (including phenoxy) is 1. The lowest BCUT2D eigenvalue weighted by Gasteiger charge is -2.16. The fourth-order valence-corrected chi connectivity index (χ4v) is 1.96. The number of aryl methyl sites for hydroxylation is 1. The van der Waals surface area contributed by atoms with Gasteiger partial charge in [0.25, 0.3) is 5.91 Å². The zero-order chi connectivity index (χ0) is 12.8. The van der Waals surface area contributed by atoms with Crippen molar-refractivity contribution in [3.05, 3.63) is 33.8 Å². The summed E-state index contributed by atoms with van der Waals surface area (Å²) in [5, 5.41) is 2.84. The largest absolute Gasteiger partial charge is 0.383 e. The van der Waals surface area contributed by atoms with Crippen LogP contribution >= 0.6 is 27.5 Å². The molecule has 1 rings (SSSR count). The van der Waals surface area contributed by atoms with Gasteiger partial charge < -0.3 is 10.1 Å². The molecule has 0 aliphatic carbocycles. The van der Waals surface area contributed by atoms with Crippen LogP contribution in [0.3, 0.4) is 0 Å². The molecule has 1 aromatic carbocycles. The van der Waals surface area contributed by atoms with Crippen LogP contribution in [-0.2, 0) is 4.74 Å². The number of carbonyl (C=O) groups excluding carboxylic acids is 1. The molecule has 0 spiro atoms. The van der Waals surface area contributed by atoms with Crippen LogP contribution in [0, 0.1) is 6.92 Å². The van der Waals surface area contributed by atoms with Gasteiger partial charge in [-0.2, -0.15) is 0 Å². The molecule has 1 aromatic rings. The summed E-state index contributed by atoms with van der Waals surface area (Å²) >= 11 is 9.09. The molecule has 0 aliphatic rings. The van der Waals surface area contributed by atoms with Crippen LogP contribution in [0.1, 0.15) is 15.9 Å². The monoisotopic (exact) mass is 319 g/mol. The molecular weight excluding hydrogens is 305 g/mol. The van der Waals surface area contributed by atoms with E-state index >= 15 is 0 Å². The number of alkyl halides is 1. The Bertz CT molecular complexity index is 398. The van der Waals surface area contributed by atoms with Crippen molar-refractivity contribution in [1.29, 1.82) is 0 Å². The molecule has 3 nitrogen and oxygen atoms in total. The number of benzene rings is 1. The molecule has 1 amide bonds. The Labute approximate surface area is 115 Å². The van der Waals surface area contributed by atoms with Gasteiger partial charge in [-0.1, -0.05) is 22.0 Å². The van der Waals surface area contributed by atoms with Crippen molar-refractivity contribution >= 4 is 33.4 Å². The summed E-state index contributed by atoms with van der Waals surface area (Å²) in [6.07, 6.45) is 0. The van der Waals surface area contributed by atoms with Gasteiger partial charge in [0.05, 0.1) is 12.6 Å². The second kappa shape index (κ2) is 6.99. The number of halogens is 2. The normalized spacial score (nSPS) is 12.2. The zero-order valence-corrected chi connectivity index (χ0v) is 12.1. The standard InChI is InChI=1S/C12H15BrClNO2/c1-8-3-4-9(13)5-11(8)12(16)15-10(6-14)7-17-2/h3-5,10H,6-7H2,1-2H3,(H,15,16). The van der Waals surface area contributed by atoms with Crippen molar-refractivity contribution in [2.45, 2.75) is 13.0 Å². The third kappa shape index (κ3) is 4.30. The fraction of sp³-hybridized carbons (Fsp3) is 0.417. The molecule has 0 radical (unpaired) electrons. The van der Waals surface area contributed by atoms with Gasteiger partial charge in [-0.25, -0.2) is 0 Å². The van der Waals surface area contributed by atoms with Crippen LogP contribution < -0.4 is 5.32 Å². The van der Waals surface area contributed by atoms with Crippen molar-refractivity contribution in [2.75, 3.05) is 19.6 Å². The highest BCUT2D eigenvalue weighted by Gasteiger charge is 2.14. The molecular formula is C12H15BrClNO2. The van der Waals surface area contributed by atoms with Crippen molar-refractivity contribution in [1.82, 2.24) is 5.32 Å². The van der Waals surface area contributed by atoms with Crippen molar-refractivity contribution in [2.24, 2.45) is 0 Å². The van der Waals surface area contributed by atoms with E-state index in [2.05, 4.69) is 21.2 Å². The first-order chi connectivity index (χ1) is 8.08. The van der Waals surface area contributed by atoms with Crippen LogP contribution in [0.25, 0.3) is 0 Å². The maximum absolute atomic E-state index is 12.0. The lowest BCUT2D eigenvalue weighted by atomic mass is 10.1. The van der Waals surface area contributed by atoms with Crippen LogP contribution in [0.5, 0.6) is 0 Å². The average Bonchev–Trinajstić information content (AvgIpc) is 2.31. The molecule has 94 valence electrons. The molecule has 0 bridgehead atoms. The number of hydrogen-bond acceptors (Lipinski definition) is 2. The van der Waals surface area contributed by atoms with Gasteiger partial charge in [-0.15, -0.1) is 11.6 Å². The van der Waals surface area contributed by atoms with E-state index in [0.717, 1.165) is 10.0 Å². The van der Waals surface area contributed by atoms with E-state index in [1.807, 2.05) is 19.1 Å². The van der Waals surface area contributed by atoms with Gasteiger partial charge in [-0.05, 0) is 24.6 Å². The van der Waals surface area contributed by atoms with Gasteiger partial charge >= 0.3 is 0 Å². The summed E-state index contributed by atoms with van der Waals surface area (Å²) in [5.41, 5.74) is 1.57. The molecule has 1 unspecified atom stereocenters. The van der Waals surface area contributed by atoms with E-state index in [9.17, 15) is 4.79 Å². The van der Waals surface area contributed by atoms with Crippen LogP contribution in [0.4, 0.5) is 0 Å². The van der Waals surface area contributed by atoms with E-state index in [0.29, 0.717) is 18.1 Å². The van der Waals surface area contributed by atoms with Crippen molar-refractivity contribution in [3.63, 3.8) is 0 Å². The molecule has 0 aliphatic heterocycles. The summed E-state index contributed by atoms with van der Waals surface area (Å²) in [4.78, 5) is 12.0. The number of amides is 1. The van der Waals surface area contributed by atoms with Crippen LogP contribution in [0.15, 0.2) is 22.7 Å². The molecule has 17 heavy (non-hydrogen) atoms. The molecule has 0 fully saturated rings. The maximum Gasteiger partial charge on any atom is 0.251 e. The minimum absolute atomic E-state index is 0.133. The zero-order valence-electron chi connectivity index (χ0n) is 9.80. The molecule has 0 saturated heterocycles. The molecule has 5 heteroatoms. The number of rotatable bonds is 5. The molecule has 0 saturated carbocycles. The second-order valence-electron chi connectivity index (χ2n) is 3.74. The number of hydrogen-bond donors (Lipinski definition) is 1. The quantitative estimate of drug-likeness (QED) is 0.847. The lowest BCUT2D eigenvalue weighted by molar-refractivity contribution is 0.0906. The van der Waals surface area contributed by atoms with E-state index in [-0.39, 0.29) is 11.9 Å². The third-order valence-electron chi connectivity index (χ3n) is 2.33. The average molecular weight is 321 g/mol. The Morgan fingerprint density at radius 3 is 2.88 bits per heavy atom. The number of methoxy groups -OCH3 is 1.